The number of carbonyl (C=O) groups is 2. The van der Waals surface area contributed by atoms with Crippen LogP contribution in [-0.4, -0.2) is 57.9 Å². The van der Waals surface area contributed by atoms with E-state index < -0.39 is 23.5 Å². The molecule has 1 aliphatic heterocycles. The number of piperazine rings is 1. The van der Waals surface area contributed by atoms with Crippen molar-refractivity contribution in [2.75, 3.05) is 26.2 Å². The van der Waals surface area contributed by atoms with E-state index in [-0.39, 0.29) is 6.61 Å². The molecule has 0 aliphatic carbocycles. The summed E-state index contributed by atoms with van der Waals surface area (Å²) >= 11 is 0. The highest BCUT2D eigenvalue weighted by molar-refractivity contribution is 5.88. The molecule has 9 heteroatoms. The highest BCUT2D eigenvalue weighted by atomic mass is 16.6. The predicted octanol–water partition coefficient (Wildman–Crippen LogP) is 2.35. The molecule has 0 bridgehead atoms. The molecule has 2 unspecified atom stereocenters. The molecule has 2 atom stereocenters. The summed E-state index contributed by atoms with van der Waals surface area (Å²) in [5, 5.41) is 10.2. The zero-order chi connectivity index (χ0) is 24.0. The van der Waals surface area contributed by atoms with Gasteiger partial charge in [0.25, 0.3) is 0 Å². The molecule has 3 aromatic rings. The van der Waals surface area contributed by atoms with Gasteiger partial charge in [0.15, 0.2) is 5.54 Å². The molecule has 1 fully saturated rings. The molecule has 2 heterocycles. The van der Waals surface area contributed by atoms with Gasteiger partial charge in [-0.25, -0.2) is 9.78 Å². The minimum atomic E-state index is -1.48. The van der Waals surface area contributed by atoms with Crippen LogP contribution < -0.4 is 5.73 Å². The summed E-state index contributed by atoms with van der Waals surface area (Å²) in [6.07, 6.45) is 2.57. The van der Waals surface area contributed by atoms with Crippen molar-refractivity contribution in [3.63, 3.8) is 0 Å². The first-order chi connectivity index (χ1) is 16.6. The Morgan fingerprint density at radius 1 is 1.09 bits per heavy atom. The van der Waals surface area contributed by atoms with E-state index in [0.717, 1.165) is 5.56 Å². The number of primary amides is 1. The van der Waals surface area contributed by atoms with Crippen molar-refractivity contribution < 1.29 is 14.3 Å². The normalized spacial score (nSPS) is 16.7. The predicted molar refractivity (Wildman–Crippen MR) is 124 cm³/mol. The average molecular weight is 459 g/mol. The molecule has 0 saturated carbocycles. The van der Waals surface area contributed by atoms with Crippen LogP contribution in [0.4, 0.5) is 4.79 Å². The summed E-state index contributed by atoms with van der Waals surface area (Å²) in [7, 11) is 0. The van der Waals surface area contributed by atoms with Gasteiger partial charge in [0.2, 0.25) is 5.91 Å². The van der Waals surface area contributed by atoms with Crippen molar-refractivity contribution in [2.24, 2.45) is 5.73 Å². The van der Waals surface area contributed by atoms with Crippen LogP contribution in [-0.2, 0) is 21.7 Å². The van der Waals surface area contributed by atoms with E-state index in [1.807, 2.05) is 53.4 Å². The van der Waals surface area contributed by atoms with Gasteiger partial charge in [-0.1, -0.05) is 60.7 Å². The molecule has 0 radical (unpaired) electrons. The highest BCUT2D eigenvalue weighted by Crippen LogP contribution is 2.41. The lowest BCUT2D eigenvalue weighted by molar-refractivity contribution is -0.133. The van der Waals surface area contributed by atoms with E-state index in [4.69, 9.17) is 10.5 Å². The molecule has 0 spiro atoms. The number of hydrogen-bond acceptors (Lipinski definition) is 6. The Kier molecular flexibility index (Phi) is 6.90. The minimum Gasteiger partial charge on any atom is -0.445 e. The standard InChI is InChI=1S/C25H26N6O3/c26-15-21(20-9-5-2-6-10-20)25(23(27)32,22-16-28-18-29-22)31-13-11-30(12-14-31)24(33)34-17-19-7-3-1-4-8-19/h1-10,16,18,21H,11-14,17H2,(H2,27,32)(H,28,29). The van der Waals surface area contributed by atoms with Gasteiger partial charge in [0.05, 0.1) is 24.3 Å². The lowest BCUT2D eigenvalue weighted by Crippen LogP contribution is -2.63. The Balaban J connectivity index is 1.56. The lowest BCUT2D eigenvalue weighted by atomic mass is 9.75. The van der Waals surface area contributed by atoms with Crippen LogP contribution in [0.5, 0.6) is 0 Å². The minimum absolute atomic E-state index is 0.184. The molecule has 1 saturated heterocycles. The average Bonchev–Trinajstić information content (AvgIpc) is 3.42. The zero-order valence-electron chi connectivity index (χ0n) is 18.6. The van der Waals surface area contributed by atoms with E-state index in [1.54, 1.807) is 17.0 Å². The molecule has 2 amide bonds. The number of nitriles is 1. The molecule has 9 nitrogen and oxygen atoms in total. The van der Waals surface area contributed by atoms with Gasteiger partial charge in [0.1, 0.15) is 12.5 Å². The van der Waals surface area contributed by atoms with Crippen molar-refractivity contribution in [2.45, 2.75) is 18.1 Å². The number of nitrogens with one attached hydrogen (secondary N) is 1. The summed E-state index contributed by atoms with van der Waals surface area (Å²) in [4.78, 5) is 36.3. The van der Waals surface area contributed by atoms with Gasteiger partial charge in [-0.3, -0.25) is 9.69 Å². The van der Waals surface area contributed by atoms with Crippen LogP contribution in [0.3, 0.4) is 0 Å². The Bertz CT molecular complexity index is 1140. The van der Waals surface area contributed by atoms with Gasteiger partial charge < -0.3 is 20.4 Å². The number of benzene rings is 2. The van der Waals surface area contributed by atoms with Crippen LogP contribution in [0.25, 0.3) is 0 Å². The molecule has 4 rings (SSSR count). The fourth-order valence-corrected chi connectivity index (χ4v) is 4.51. The molecular formula is C25H26N6O3. The number of aromatic amines is 1. The van der Waals surface area contributed by atoms with Crippen molar-refractivity contribution in [3.05, 3.63) is 90.0 Å². The molecule has 34 heavy (non-hydrogen) atoms. The summed E-state index contributed by atoms with van der Waals surface area (Å²) in [6, 6.07) is 20.9. The second-order valence-electron chi connectivity index (χ2n) is 8.08. The monoisotopic (exact) mass is 458 g/mol. The van der Waals surface area contributed by atoms with E-state index in [1.165, 1.54) is 12.5 Å². The van der Waals surface area contributed by atoms with Crippen LogP contribution in [0.2, 0.25) is 0 Å². The summed E-state index contributed by atoms with van der Waals surface area (Å²) in [6.45, 7) is 1.48. The third-order valence-electron chi connectivity index (χ3n) is 6.21. The number of nitrogens with zero attached hydrogens (tertiary/aromatic N) is 4. The molecular weight excluding hydrogens is 432 g/mol. The van der Waals surface area contributed by atoms with Gasteiger partial charge in [0, 0.05) is 26.2 Å². The summed E-state index contributed by atoms with van der Waals surface area (Å²) in [5.41, 5.74) is 6.56. The van der Waals surface area contributed by atoms with Crippen LogP contribution >= 0.6 is 0 Å². The third-order valence-corrected chi connectivity index (χ3v) is 6.21. The number of H-pyrrole nitrogens is 1. The fourth-order valence-electron chi connectivity index (χ4n) is 4.51. The summed E-state index contributed by atoms with van der Waals surface area (Å²) in [5.74, 6) is -1.55. The Labute approximate surface area is 197 Å². The number of aromatic nitrogens is 2. The first-order valence-electron chi connectivity index (χ1n) is 11.0. The number of ether oxygens (including phenoxy) is 1. The van der Waals surface area contributed by atoms with Gasteiger partial charge in [-0.15, -0.1) is 0 Å². The van der Waals surface area contributed by atoms with Gasteiger partial charge in [-0.05, 0) is 11.1 Å². The smallest absolute Gasteiger partial charge is 0.410 e. The number of imidazole rings is 1. The highest BCUT2D eigenvalue weighted by Gasteiger charge is 2.53. The maximum absolute atomic E-state index is 13.1. The Morgan fingerprint density at radius 3 is 2.29 bits per heavy atom. The van der Waals surface area contributed by atoms with Gasteiger partial charge in [-0.2, -0.15) is 5.26 Å². The fraction of sp³-hybridized carbons (Fsp3) is 0.280. The largest absolute Gasteiger partial charge is 0.445 e. The van der Waals surface area contributed by atoms with Crippen LogP contribution in [0.1, 0.15) is 22.7 Å². The Hall–Kier alpha value is -4.16. The zero-order valence-corrected chi connectivity index (χ0v) is 18.6. The number of amides is 2. The molecule has 3 N–H and O–H groups in total. The van der Waals surface area contributed by atoms with Crippen molar-refractivity contribution in [3.8, 4) is 6.07 Å². The second kappa shape index (κ2) is 10.2. The number of hydrogen-bond donors (Lipinski definition) is 2. The number of carbonyl (C=O) groups excluding carboxylic acids is 2. The van der Waals surface area contributed by atoms with E-state index in [2.05, 4.69) is 16.0 Å². The number of nitrogens with two attached hydrogens (primary N) is 1. The molecule has 1 aliphatic rings. The molecule has 2 aromatic carbocycles. The van der Waals surface area contributed by atoms with Gasteiger partial charge >= 0.3 is 6.09 Å². The van der Waals surface area contributed by atoms with E-state index in [9.17, 15) is 14.9 Å². The van der Waals surface area contributed by atoms with E-state index >= 15 is 0 Å². The maximum Gasteiger partial charge on any atom is 0.410 e. The first-order valence-corrected chi connectivity index (χ1v) is 11.0. The van der Waals surface area contributed by atoms with Crippen LogP contribution in [0.15, 0.2) is 73.2 Å². The quantitative estimate of drug-likeness (QED) is 0.559. The molecule has 174 valence electrons. The SMILES string of the molecule is N#CC(c1ccccc1)C(C(N)=O)(c1cnc[nH]1)N1CCN(C(=O)OCc2ccccc2)CC1. The second-order valence-corrected chi connectivity index (χ2v) is 8.08. The molecule has 1 aromatic heterocycles. The maximum atomic E-state index is 13.1. The number of rotatable bonds is 7. The third kappa shape index (κ3) is 4.36. The van der Waals surface area contributed by atoms with Crippen molar-refractivity contribution >= 4 is 12.0 Å². The summed E-state index contributed by atoms with van der Waals surface area (Å²) < 4.78 is 5.45. The van der Waals surface area contributed by atoms with E-state index in [0.29, 0.717) is 37.4 Å². The topological polar surface area (TPSA) is 128 Å². The Morgan fingerprint density at radius 2 is 1.74 bits per heavy atom. The van der Waals surface area contributed by atoms with Crippen molar-refractivity contribution in [1.82, 2.24) is 19.8 Å². The van der Waals surface area contributed by atoms with Crippen molar-refractivity contribution in [1.29, 1.82) is 5.26 Å². The van der Waals surface area contributed by atoms with Crippen LogP contribution in [0, 0.1) is 11.3 Å². The first kappa shape index (κ1) is 23.0. The lowest BCUT2D eigenvalue weighted by Gasteiger charge is -2.47.